The number of rotatable bonds is 3. The third-order valence-corrected chi connectivity index (χ3v) is 1.83. The van der Waals surface area contributed by atoms with Gasteiger partial charge in [-0.1, -0.05) is 12.1 Å². The summed E-state index contributed by atoms with van der Waals surface area (Å²) >= 11 is 0. The van der Waals surface area contributed by atoms with Crippen molar-refractivity contribution in [3.05, 3.63) is 29.8 Å². The number of hydrogen-bond donors (Lipinski definition) is 1. The van der Waals surface area contributed by atoms with Crippen LogP contribution in [0.15, 0.2) is 24.3 Å². The molecule has 1 rings (SSSR count). The van der Waals surface area contributed by atoms with Gasteiger partial charge >= 0.3 is 0 Å². The molecular weight excluding hydrogens is 200 g/mol. The van der Waals surface area contributed by atoms with E-state index >= 15 is 0 Å². The van der Waals surface area contributed by atoms with Crippen molar-refractivity contribution in [2.45, 2.75) is 12.5 Å². The lowest BCUT2D eigenvalue weighted by molar-refractivity contribution is 0.414. The first kappa shape index (κ1) is 12.8. The molecule has 1 atom stereocenters. The molecule has 0 saturated carbocycles. The molecule has 1 aromatic carbocycles. The van der Waals surface area contributed by atoms with Crippen molar-refractivity contribution in [2.24, 2.45) is 5.73 Å². The van der Waals surface area contributed by atoms with Gasteiger partial charge in [-0.15, -0.1) is 12.4 Å². The molecule has 0 unspecified atom stereocenters. The minimum atomic E-state index is -0.222. The quantitative estimate of drug-likeness (QED) is 0.834. The average Bonchev–Trinajstić information content (AvgIpc) is 2.18. The predicted octanol–water partition coefficient (Wildman–Crippen LogP) is 2.03. The summed E-state index contributed by atoms with van der Waals surface area (Å²) in [4.78, 5) is 0. The number of ether oxygens (including phenoxy) is 1. The molecule has 0 amide bonds. The fourth-order valence-corrected chi connectivity index (χ4v) is 1.09. The summed E-state index contributed by atoms with van der Waals surface area (Å²) in [5, 5.41) is 8.46. The molecule has 0 heterocycles. The minimum Gasteiger partial charge on any atom is -0.497 e. The summed E-state index contributed by atoms with van der Waals surface area (Å²) in [5.74, 6) is 0.769. The molecule has 0 radical (unpaired) electrons. The highest BCUT2D eigenvalue weighted by Gasteiger charge is 2.05. The molecule has 0 aliphatic rings. The van der Waals surface area contributed by atoms with Crippen molar-refractivity contribution in [1.82, 2.24) is 0 Å². The highest BCUT2D eigenvalue weighted by molar-refractivity contribution is 5.85. The van der Waals surface area contributed by atoms with Gasteiger partial charge in [0, 0.05) is 6.04 Å². The normalized spacial score (nSPS) is 10.9. The van der Waals surface area contributed by atoms with Crippen LogP contribution >= 0.6 is 12.4 Å². The first-order chi connectivity index (χ1) is 6.27. The van der Waals surface area contributed by atoms with Gasteiger partial charge in [-0.05, 0) is 17.7 Å². The van der Waals surface area contributed by atoms with Crippen LogP contribution < -0.4 is 10.5 Å². The van der Waals surface area contributed by atoms with Crippen LogP contribution in [0.5, 0.6) is 5.75 Å². The first-order valence-electron chi connectivity index (χ1n) is 4.04. The van der Waals surface area contributed by atoms with E-state index in [0.29, 0.717) is 6.42 Å². The van der Waals surface area contributed by atoms with Crippen LogP contribution in [0.3, 0.4) is 0 Å². The zero-order valence-corrected chi connectivity index (χ0v) is 8.75. The number of halogens is 1. The monoisotopic (exact) mass is 212 g/mol. The van der Waals surface area contributed by atoms with Crippen LogP contribution in [-0.2, 0) is 0 Å². The summed E-state index contributed by atoms with van der Waals surface area (Å²) in [6, 6.07) is 9.27. The topological polar surface area (TPSA) is 59.0 Å². The lowest BCUT2D eigenvalue weighted by atomic mass is 10.1. The van der Waals surface area contributed by atoms with E-state index in [2.05, 4.69) is 0 Å². The molecule has 1 aromatic rings. The number of methoxy groups -OCH3 is 1. The average molecular weight is 213 g/mol. The highest BCUT2D eigenvalue weighted by atomic mass is 35.5. The fourth-order valence-electron chi connectivity index (χ4n) is 1.09. The summed E-state index contributed by atoms with van der Waals surface area (Å²) < 4.78 is 5.04. The summed E-state index contributed by atoms with van der Waals surface area (Å²) in [7, 11) is 1.61. The van der Waals surface area contributed by atoms with Crippen molar-refractivity contribution in [1.29, 1.82) is 5.26 Å². The fraction of sp³-hybridized carbons (Fsp3) is 0.300. The van der Waals surface area contributed by atoms with E-state index < -0.39 is 0 Å². The van der Waals surface area contributed by atoms with Crippen molar-refractivity contribution < 1.29 is 4.74 Å². The zero-order chi connectivity index (χ0) is 9.68. The van der Waals surface area contributed by atoms with E-state index in [4.69, 9.17) is 15.7 Å². The number of nitrogens with two attached hydrogens (primary N) is 1. The van der Waals surface area contributed by atoms with Crippen LogP contribution in [-0.4, -0.2) is 7.11 Å². The van der Waals surface area contributed by atoms with Crippen LogP contribution in [0.4, 0.5) is 0 Å². The molecule has 14 heavy (non-hydrogen) atoms. The van der Waals surface area contributed by atoms with Gasteiger partial charge in [0.15, 0.2) is 0 Å². The summed E-state index contributed by atoms with van der Waals surface area (Å²) in [6.07, 6.45) is 0.327. The number of nitrogens with zero attached hydrogens (tertiary/aromatic N) is 1. The predicted molar refractivity (Wildman–Crippen MR) is 57.4 cm³/mol. The molecule has 0 fully saturated rings. The lowest BCUT2D eigenvalue weighted by Gasteiger charge is -2.08. The summed E-state index contributed by atoms with van der Waals surface area (Å²) in [5.41, 5.74) is 6.68. The van der Waals surface area contributed by atoms with Crippen molar-refractivity contribution in [3.63, 3.8) is 0 Å². The Hall–Kier alpha value is -1.24. The van der Waals surface area contributed by atoms with Gasteiger partial charge < -0.3 is 10.5 Å². The van der Waals surface area contributed by atoms with E-state index in [9.17, 15) is 0 Å². The van der Waals surface area contributed by atoms with Crippen molar-refractivity contribution in [3.8, 4) is 11.8 Å². The standard InChI is InChI=1S/C10H12N2O.ClH/c1-13-9-4-2-3-8(7-9)10(12)5-6-11;/h2-4,7,10H,5,12H2,1H3;1H/t10-;/m0./s1. The van der Waals surface area contributed by atoms with E-state index in [0.717, 1.165) is 11.3 Å². The van der Waals surface area contributed by atoms with Crippen LogP contribution in [0, 0.1) is 11.3 Å². The second-order valence-electron chi connectivity index (χ2n) is 2.75. The molecule has 2 N–H and O–H groups in total. The third kappa shape index (κ3) is 3.25. The third-order valence-electron chi connectivity index (χ3n) is 1.83. The summed E-state index contributed by atoms with van der Waals surface area (Å²) in [6.45, 7) is 0. The highest BCUT2D eigenvalue weighted by Crippen LogP contribution is 2.18. The maximum Gasteiger partial charge on any atom is 0.119 e. The Balaban J connectivity index is 0.00000169. The molecule has 0 aliphatic carbocycles. The van der Waals surface area contributed by atoms with Gasteiger partial charge in [-0.3, -0.25) is 0 Å². The largest absolute Gasteiger partial charge is 0.497 e. The second kappa shape index (κ2) is 6.25. The zero-order valence-electron chi connectivity index (χ0n) is 7.93. The molecule has 3 nitrogen and oxygen atoms in total. The minimum absolute atomic E-state index is 0. The van der Waals surface area contributed by atoms with E-state index in [1.54, 1.807) is 7.11 Å². The molecule has 76 valence electrons. The number of nitriles is 1. The Morgan fingerprint density at radius 3 is 2.86 bits per heavy atom. The Kier molecular flexibility index (Phi) is 5.70. The molecule has 0 spiro atoms. The molecule has 4 heteroatoms. The molecule has 0 saturated heterocycles. The number of hydrogen-bond acceptors (Lipinski definition) is 3. The first-order valence-corrected chi connectivity index (χ1v) is 4.04. The molecule has 0 aromatic heterocycles. The van der Waals surface area contributed by atoms with Crippen molar-refractivity contribution in [2.75, 3.05) is 7.11 Å². The molecular formula is C10H13ClN2O. The maximum atomic E-state index is 8.46. The maximum absolute atomic E-state index is 8.46. The van der Waals surface area contributed by atoms with E-state index in [-0.39, 0.29) is 18.4 Å². The molecule has 0 aliphatic heterocycles. The Morgan fingerprint density at radius 1 is 1.57 bits per heavy atom. The number of benzene rings is 1. The van der Waals surface area contributed by atoms with Gasteiger partial charge in [0.05, 0.1) is 19.6 Å². The molecule has 0 bridgehead atoms. The van der Waals surface area contributed by atoms with Gasteiger partial charge in [-0.25, -0.2) is 0 Å². The second-order valence-corrected chi connectivity index (χ2v) is 2.75. The van der Waals surface area contributed by atoms with E-state index in [1.165, 1.54) is 0 Å². The Morgan fingerprint density at radius 2 is 2.29 bits per heavy atom. The van der Waals surface area contributed by atoms with Crippen LogP contribution in [0.25, 0.3) is 0 Å². The van der Waals surface area contributed by atoms with Gasteiger partial charge in [0.2, 0.25) is 0 Å². The Labute approximate surface area is 89.9 Å². The van der Waals surface area contributed by atoms with E-state index in [1.807, 2.05) is 30.3 Å². The SMILES string of the molecule is COc1cccc([C@@H](N)CC#N)c1.Cl. The lowest BCUT2D eigenvalue weighted by Crippen LogP contribution is -2.08. The van der Waals surface area contributed by atoms with Gasteiger partial charge in [0.25, 0.3) is 0 Å². The van der Waals surface area contributed by atoms with Crippen LogP contribution in [0.2, 0.25) is 0 Å². The van der Waals surface area contributed by atoms with Crippen LogP contribution in [0.1, 0.15) is 18.0 Å². The Bertz CT molecular complexity index is 322. The van der Waals surface area contributed by atoms with Crippen molar-refractivity contribution >= 4 is 12.4 Å². The van der Waals surface area contributed by atoms with Gasteiger partial charge in [0.1, 0.15) is 5.75 Å². The van der Waals surface area contributed by atoms with Gasteiger partial charge in [-0.2, -0.15) is 5.26 Å². The smallest absolute Gasteiger partial charge is 0.119 e.